The summed E-state index contributed by atoms with van der Waals surface area (Å²) in [5, 5.41) is 0. The van der Waals surface area contributed by atoms with Gasteiger partial charge in [-0.2, -0.15) is 4.31 Å². The fourth-order valence-corrected chi connectivity index (χ4v) is 4.58. The SMILES string of the molecule is CC1CCCN(S(=O)(=O)c2ccc(CCl)cc2F)C1C. The standard InChI is InChI=1S/C14H19ClFNO2S/c1-10-4-3-7-17(11(10)2)20(18,19)14-6-5-12(9-15)8-13(14)16/h5-6,8,10-11H,3-4,7,9H2,1-2H3. The van der Waals surface area contributed by atoms with Crippen molar-refractivity contribution in [3.8, 4) is 0 Å². The van der Waals surface area contributed by atoms with Crippen molar-refractivity contribution in [2.75, 3.05) is 6.54 Å². The van der Waals surface area contributed by atoms with Crippen LogP contribution in [0, 0.1) is 11.7 Å². The molecule has 0 spiro atoms. The molecule has 2 rings (SSSR count). The highest BCUT2D eigenvalue weighted by Gasteiger charge is 2.35. The van der Waals surface area contributed by atoms with Gasteiger partial charge in [0.2, 0.25) is 10.0 Å². The van der Waals surface area contributed by atoms with E-state index in [1.165, 1.54) is 16.4 Å². The van der Waals surface area contributed by atoms with Crippen LogP contribution in [0.1, 0.15) is 32.3 Å². The highest BCUT2D eigenvalue weighted by molar-refractivity contribution is 7.89. The third kappa shape index (κ3) is 2.85. The monoisotopic (exact) mass is 319 g/mol. The van der Waals surface area contributed by atoms with Crippen molar-refractivity contribution in [3.63, 3.8) is 0 Å². The van der Waals surface area contributed by atoms with Crippen LogP contribution in [0.4, 0.5) is 4.39 Å². The molecule has 1 aromatic carbocycles. The van der Waals surface area contributed by atoms with E-state index in [0.717, 1.165) is 12.8 Å². The first-order valence-electron chi connectivity index (χ1n) is 6.74. The quantitative estimate of drug-likeness (QED) is 0.801. The second-order valence-electron chi connectivity index (χ2n) is 5.37. The molecule has 1 saturated heterocycles. The van der Waals surface area contributed by atoms with E-state index in [0.29, 0.717) is 12.1 Å². The average Bonchev–Trinajstić information content (AvgIpc) is 2.41. The van der Waals surface area contributed by atoms with Crippen molar-refractivity contribution < 1.29 is 12.8 Å². The summed E-state index contributed by atoms with van der Waals surface area (Å²) in [4.78, 5) is -0.257. The Morgan fingerprint density at radius 1 is 1.40 bits per heavy atom. The van der Waals surface area contributed by atoms with Gasteiger partial charge in [0.1, 0.15) is 10.7 Å². The van der Waals surface area contributed by atoms with Gasteiger partial charge in [0.05, 0.1) is 0 Å². The minimum Gasteiger partial charge on any atom is -0.207 e. The van der Waals surface area contributed by atoms with Crippen molar-refractivity contribution in [1.29, 1.82) is 0 Å². The van der Waals surface area contributed by atoms with E-state index in [9.17, 15) is 12.8 Å². The van der Waals surface area contributed by atoms with E-state index in [-0.39, 0.29) is 22.7 Å². The summed E-state index contributed by atoms with van der Waals surface area (Å²) >= 11 is 5.63. The zero-order valence-electron chi connectivity index (χ0n) is 11.6. The number of hydrogen-bond acceptors (Lipinski definition) is 2. The number of nitrogens with zero attached hydrogens (tertiary/aromatic N) is 1. The summed E-state index contributed by atoms with van der Waals surface area (Å²) < 4.78 is 40.7. The predicted octanol–water partition coefficient (Wildman–Crippen LogP) is 3.37. The van der Waals surface area contributed by atoms with Gasteiger partial charge in [-0.1, -0.05) is 13.0 Å². The molecule has 0 aromatic heterocycles. The molecule has 0 bridgehead atoms. The highest BCUT2D eigenvalue weighted by atomic mass is 35.5. The second kappa shape index (κ2) is 6.00. The Morgan fingerprint density at radius 2 is 2.10 bits per heavy atom. The Bertz CT molecular complexity index is 591. The van der Waals surface area contributed by atoms with Crippen LogP contribution in [0.2, 0.25) is 0 Å². The summed E-state index contributed by atoms with van der Waals surface area (Å²) in [6.07, 6.45) is 1.81. The topological polar surface area (TPSA) is 37.4 Å². The Hall–Kier alpha value is -0.650. The van der Waals surface area contributed by atoms with E-state index < -0.39 is 15.8 Å². The Morgan fingerprint density at radius 3 is 2.70 bits per heavy atom. The van der Waals surface area contributed by atoms with Gasteiger partial charge in [-0.05, 0) is 43.4 Å². The van der Waals surface area contributed by atoms with Gasteiger partial charge in [-0.15, -0.1) is 11.6 Å². The van der Waals surface area contributed by atoms with Gasteiger partial charge < -0.3 is 0 Å². The lowest BCUT2D eigenvalue weighted by Crippen LogP contribution is -2.46. The normalized spacial score (nSPS) is 24.8. The highest BCUT2D eigenvalue weighted by Crippen LogP contribution is 2.30. The molecule has 6 heteroatoms. The second-order valence-corrected chi connectivity index (χ2v) is 7.50. The van der Waals surface area contributed by atoms with Gasteiger partial charge in [0, 0.05) is 18.5 Å². The minimum atomic E-state index is -3.78. The average molecular weight is 320 g/mol. The maximum absolute atomic E-state index is 14.0. The first-order valence-corrected chi connectivity index (χ1v) is 8.71. The summed E-state index contributed by atoms with van der Waals surface area (Å²) in [7, 11) is -3.78. The number of halogens is 2. The molecule has 20 heavy (non-hydrogen) atoms. The molecule has 0 amide bonds. The van der Waals surface area contributed by atoms with Crippen LogP contribution in [0.3, 0.4) is 0 Å². The molecule has 0 aliphatic carbocycles. The number of sulfonamides is 1. The van der Waals surface area contributed by atoms with Gasteiger partial charge in [0.15, 0.2) is 0 Å². The van der Waals surface area contributed by atoms with Crippen LogP contribution in [0.5, 0.6) is 0 Å². The molecule has 1 aliphatic heterocycles. The van der Waals surface area contributed by atoms with Crippen LogP contribution >= 0.6 is 11.6 Å². The van der Waals surface area contributed by atoms with Crippen molar-refractivity contribution >= 4 is 21.6 Å². The summed E-state index contributed by atoms with van der Waals surface area (Å²) in [5.74, 6) is -0.286. The zero-order chi connectivity index (χ0) is 14.9. The van der Waals surface area contributed by atoms with E-state index in [2.05, 4.69) is 0 Å². The molecule has 0 N–H and O–H groups in total. The van der Waals surface area contributed by atoms with Gasteiger partial charge in [-0.3, -0.25) is 0 Å². The number of benzene rings is 1. The molecular weight excluding hydrogens is 301 g/mol. The first-order chi connectivity index (χ1) is 9.37. The predicted molar refractivity (Wildman–Crippen MR) is 77.7 cm³/mol. The van der Waals surface area contributed by atoms with Crippen LogP contribution in [0.25, 0.3) is 0 Å². The number of piperidine rings is 1. The van der Waals surface area contributed by atoms with Crippen LogP contribution in [-0.4, -0.2) is 25.3 Å². The van der Waals surface area contributed by atoms with Crippen molar-refractivity contribution in [3.05, 3.63) is 29.6 Å². The summed E-state index contributed by atoms with van der Waals surface area (Å²) in [6, 6.07) is 3.95. The fourth-order valence-electron chi connectivity index (χ4n) is 2.60. The smallest absolute Gasteiger partial charge is 0.207 e. The molecule has 2 unspecified atom stereocenters. The Labute approximate surface area is 124 Å². The largest absolute Gasteiger partial charge is 0.246 e. The maximum Gasteiger partial charge on any atom is 0.246 e. The third-order valence-electron chi connectivity index (χ3n) is 4.05. The van der Waals surface area contributed by atoms with E-state index in [4.69, 9.17) is 11.6 Å². The molecule has 1 aromatic rings. The maximum atomic E-state index is 14.0. The van der Waals surface area contributed by atoms with Crippen LogP contribution < -0.4 is 0 Å². The lowest BCUT2D eigenvalue weighted by Gasteiger charge is -2.36. The third-order valence-corrected chi connectivity index (χ3v) is 6.38. The Balaban J connectivity index is 2.39. The molecule has 1 heterocycles. The number of alkyl halides is 1. The van der Waals surface area contributed by atoms with Gasteiger partial charge in [-0.25, -0.2) is 12.8 Å². The van der Waals surface area contributed by atoms with E-state index in [1.54, 1.807) is 6.07 Å². The molecular formula is C14H19ClFNO2S. The van der Waals surface area contributed by atoms with Gasteiger partial charge >= 0.3 is 0 Å². The molecule has 1 fully saturated rings. The van der Waals surface area contributed by atoms with Crippen molar-refractivity contribution in [2.24, 2.45) is 5.92 Å². The summed E-state index contributed by atoms with van der Waals surface area (Å²) in [6.45, 7) is 4.36. The summed E-state index contributed by atoms with van der Waals surface area (Å²) in [5.41, 5.74) is 0.572. The lowest BCUT2D eigenvalue weighted by molar-refractivity contribution is 0.202. The Kier molecular flexibility index (Phi) is 4.72. The molecule has 112 valence electrons. The number of hydrogen-bond donors (Lipinski definition) is 0. The first kappa shape index (κ1) is 15.7. The molecule has 0 saturated carbocycles. The lowest BCUT2D eigenvalue weighted by atomic mass is 9.94. The minimum absolute atomic E-state index is 0.110. The fraction of sp³-hybridized carbons (Fsp3) is 0.571. The molecule has 1 aliphatic rings. The molecule has 2 atom stereocenters. The van der Waals surface area contributed by atoms with Crippen LogP contribution in [-0.2, 0) is 15.9 Å². The van der Waals surface area contributed by atoms with E-state index in [1.807, 2.05) is 13.8 Å². The van der Waals surface area contributed by atoms with E-state index >= 15 is 0 Å². The number of rotatable bonds is 3. The van der Waals surface area contributed by atoms with Crippen molar-refractivity contribution in [2.45, 2.75) is 43.5 Å². The van der Waals surface area contributed by atoms with Crippen molar-refractivity contribution in [1.82, 2.24) is 4.31 Å². The molecule has 3 nitrogen and oxygen atoms in total. The molecule has 0 radical (unpaired) electrons. The van der Waals surface area contributed by atoms with Gasteiger partial charge in [0.25, 0.3) is 0 Å². The van der Waals surface area contributed by atoms with Crippen LogP contribution in [0.15, 0.2) is 23.1 Å². The zero-order valence-corrected chi connectivity index (χ0v) is 13.2.